The molecule has 0 aliphatic rings. The summed E-state index contributed by atoms with van der Waals surface area (Å²) in [5.41, 5.74) is -0.118. The van der Waals surface area contributed by atoms with Crippen LogP contribution in [-0.2, 0) is 14.5 Å². The Labute approximate surface area is 190 Å². The Kier molecular flexibility index (Phi) is 6.97. The van der Waals surface area contributed by atoms with Crippen molar-refractivity contribution >= 4 is 27.2 Å². The second-order valence-corrected chi connectivity index (χ2v) is 9.80. The number of nitriles is 1. The van der Waals surface area contributed by atoms with Gasteiger partial charge < -0.3 is 10.3 Å². The van der Waals surface area contributed by atoms with Crippen LogP contribution in [0.1, 0.15) is 39.7 Å². The first-order chi connectivity index (χ1) is 15.4. The van der Waals surface area contributed by atoms with Gasteiger partial charge in [-0.3, -0.25) is 0 Å². The lowest BCUT2D eigenvalue weighted by Crippen LogP contribution is -2.42. The van der Waals surface area contributed by atoms with Crippen LogP contribution < -0.4 is 10.0 Å². The number of fused-ring (bicyclic) bond motifs is 1. The lowest BCUT2D eigenvalue weighted by Gasteiger charge is -2.31. The van der Waals surface area contributed by atoms with E-state index in [1.807, 2.05) is 6.07 Å². The third-order valence-corrected chi connectivity index (χ3v) is 5.66. The minimum Gasteiger partial charge on any atom is -0.345 e. The van der Waals surface area contributed by atoms with E-state index in [4.69, 9.17) is 4.18 Å². The summed E-state index contributed by atoms with van der Waals surface area (Å²) in [5.74, 6) is -1.79. The zero-order valence-electron chi connectivity index (χ0n) is 18.5. The van der Waals surface area contributed by atoms with Crippen molar-refractivity contribution in [2.45, 2.75) is 40.3 Å². The molecule has 0 amide bonds. The third kappa shape index (κ3) is 5.62. The Hall–Kier alpha value is -3.14. The van der Waals surface area contributed by atoms with Crippen molar-refractivity contribution in [3.63, 3.8) is 0 Å². The predicted octanol–water partition coefficient (Wildman–Crippen LogP) is 3.82. The number of rotatable bonds is 8. The van der Waals surface area contributed by atoms with E-state index in [0.29, 0.717) is 23.0 Å². The Balaban J connectivity index is 2.06. The first-order valence-electron chi connectivity index (χ1n) is 10.1. The minimum atomic E-state index is -4.13. The molecular formula is C21H24F2N6O3S. The standard InChI is InChI=1S/C21H24F2N6O3S/c1-5-6-27-33(30,31)32-20(21(2,3)4)29-19-16(23)7-12(9-24)17(28-19)15-11-26-18-14(15)8-13(22)10-25-18/h7-8,10-11,20,27H,5-6H2,1-4H3,(H,25,26)(H,28,29)/t20-/m1/s1. The van der Waals surface area contributed by atoms with Crippen molar-refractivity contribution in [2.24, 2.45) is 5.41 Å². The highest BCUT2D eigenvalue weighted by atomic mass is 32.2. The summed E-state index contributed by atoms with van der Waals surface area (Å²) in [6, 6.07) is 4.08. The number of halogens is 2. The Bertz CT molecular complexity index is 1310. The van der Waals surface area contributed by atoms with Crippen molar-refractivity contribution in [3.05, 3.63) is 41.7 Å². The van der Waals surface area contributed by atoms with Crippen molar-refractivity contribution in [2.75, 3.05) is 11.9 Å². The first-order valence-corrected chi connectivity index (χ1v) is 11.5. The Morgan fingerprint density at radius 2 is 2.03 bits per heavy atom. The topological polar surface area (TPSA) is 133 Å². The summed E-state index contributed by atoms with van der Waals surface area (Å²) in [7, 11) is -4.13. The quantitative estimate of drug-likeness (QED) is 0.419. The molecule has 0 bridgehead atoms. The molecule has 0 aliphatic carbocycles. The minimum absolute atomic E-state index is 0.0691. The zero-order chi connectivity index (χ0) is 24.4. The fourth-order valence-corrected chi connectivity index (χ4v) is 4.06. The van der Waals surface area contributed by atoms with Crippen LogP contribution in [0, 0.1) is 28.4 Å². The highest BCUT2D eigenvalue weighted by Crippen LogP contribution is 2.33. The molecule has 9 nitrogen and oxygen atoms in total. The van der Waals surface area contributed by atoms with Gasteiger partial charge >= 0.3 is 10.3 Å². The first kappa shape index (κ1) is 24.5. The van der Waals surface area contributed by atoms with Gasteiger partial charge in [0.2, 0.25) is 0 Å². The average Bonchev–Trinajstić information content (AvgIpc) is 3.14. The second kappa shape index (κ2) is 9.38. The summed E-state index contributed by atoms with van der Waals surface area (Å²) >= 11 is 0. The van der Waals surface area contributed by atoms with E-state index >= 15 is 0 Å². The number of nitrogens with one attached hydrogen (secondary N) is 3. The van der Waals surface area contributed by atoms with Gasteiger partial charge in [-0.2, -0.15) is 18.4 Å². The maximum atomic E-state index is 14.8. The van der Waals surface area contributed by atoms with E-state index in [-0.39, 0.29) is 23.6 Å². The SMILES string of the molecule is CCCNS(=O)(=O)O[C@@H](Nc1nc(-c2c[nH]c3ncc(F)cc23)c(C#N)cc1F)C(C)(C)C. The maximum absolute atomic E-state index is 14.8. The molecule has 3 N–H and O–H groups in total. The number of hydrogen-bond donors (Lipinski definition) is 3. The molecule has 0 aliphatic heterocycles. The summed E-state index contributed by atoms with van der Waals surface area (Å²) in [6.07, 6.45) is 1.89. The molecule has 3 rings (SSSR count). The van der Waals surface area contributed by atoms with Crippen LogP contribution in [-0.4, -0.2) is 36.1 Å². The molecule has 33 heavy (non-hydrogen) atoms. The van der Waals surface area contributed by atoms with Crippen LogP contribution in [0.2, 0.25) is 0 Å². The number of hydrogen-bond acceptors (Lipinski definition) is 7. The van der Waals surface area contributed by atoms with Gasteiger partial charge in [-0.25, -0.2) is 22.9 Å². The van der Waals surface area contributed by atoms with Crippen LogP contribution >= 0.6 is 0 Å². The fourth-order valence-electron chi connectivity index (χ4n) is 2.95. The molecule has 0 saturated heterocycles. The maximum Gasteiger partial charge on any atom is 0.337 e. The van der Waals surface area contributed by atoms with Crippen LogP contribution in [0.4, 0.5) is 14.6 Å². The highest BCUT2D eigenvalue weighted by Gasteiger charge is 2.32. The van der Waals surface area contributed by atoms with Crippen molar-refractivity contribution < 1.29 is 21.4 Å². The van der Waals surface area contributed by atoms with Crippen LogP contribution in [0.5, 0.6) is 0 Å². The number of aromatic amines is 1. The van der Waals surface area contributed by atoms with Crippen LogP contribution in [0.15, 0.2) is 24.5 Å². The van der Waals surface area contributed by atoms with Gasteiger partial charge in [0.05, 0.1) is 17.5 Å². The average molecular weight is 479 g/mol. The zero-order valence-corrected chi connectivity index (χ0v) is 19.3. The van der Waals surface area contributed by atoms with Crippen molar-refractivity contribution in [3.8, 4) is 17.3 Å². The van der Waals surface area contributed by atoms with Crippen LogP contribution in [0.3, 0.4) is 0 Å². The van der Waals surface area contributed by atoms with Gasteiger partial charge in [-0.15, -0.1) is 0 Å². The number of pyridine rings is 2. The largest absolute Gasteiger partial charge is 0.345 e. The van der Waals surface area contributed by atoms with Gasteiger partial charge in [0.1, 0.15) is 17.5 Å². The normalized spacial score (nSPS) is 13.1. The van der Waals surface area contributed by atoms with E-state index in [0.717, 1.165) is 12.3 Å². The van der Waals surface area contributed by atoms with Gasteiger partial charge in [0.25, 0.3) is 0 Å². The number of nitrogens with zero attached hydrogens (tertiary/aromatic N) is 3. The molecule has 3 heterocycles. The van der Waals surface area contributed by atoms with E-state index < -0.39 is 33.6 Å². The molecule has 0 aromatic carbocycles. The fraction of sp³-hybridized carbons (Fsp3) is 0.381. The molecule has 176 valence electrons. The molecule has 0 fully saturated rings. The monoisotopic (exact) mass is 478 g/mol. The van der Waals surface area contributed by atoms with E-state index in [2.05, 4.69) is 25.0 Å². The van der Waals surface area contributed by atoms with E-state index in [9.17, 15) is 22.5 Å². The lowest BCUT2D eigenvalue weighted by molar-refractivity contribution is 0.115. The second-order valence-electron chi connectivity index (χ2n) is 8.41. The van der Waals surface area contributed by atoms with Crippen molar-refractivity contribution in [1.29, 1.82) is 5.26 Å². The molecule has 3 aromatic heterocycles. The third-order valence-electron chi connectivity index (χ3n) is 4.66. The predicted molar refractivity (Wildman–Crippen MR) is 119 cm³/mol. The van der Waals surface area contributed by atoms with Gasteiger partial charge in [-0.05, 0) is 18.6 Å². The summed E-state index contributed by atoms with van der Waals surface area (Å²) in [6.45, 7) is 7.09. The molecule has 0 spiro atoms. The van der Waals surface area contributed by atoms with E-state index in [1.54, 1.807) is 27.7 Å². The van der Waals surface area contributed by atoms with Crippen LogP contribution in [0.25, 0.3) is 22.3 Å². The molecule has 0 saturated carbocycles. The summed E-state index contributed by atoms with van der Waals surface area (Å²) < 4.78 is 60.7. The summed E-state index contributed by atoms with van der Waals surface area (Å²) in [4.78, 5) is 11.0. The smallest absolute Gasteiger partial charge is 0.337 e. The molecular weight excluding hydrogens is 454 g/mol. The number of anilines is 1. The molecule has 0 radical (unpaired) electrons. The molecule has 12 heteroatoms. The highest BCUT2D eigenvalue weighted by molar-refractivity contribution is 7.84. The van der Waals surface area contributed by atoms with Gasteiger partial charge in [-0.1, -0.05) is 27.7 Å². The molecule has 0 unspecified atom stereocenters. The molecule has 1 atom stereocenters. The van der Waals surface area contributed by atoms with Gasteiger partial charge in [0.15, 0.2) is 17.9 Å². The number of H-pyrrole nitrogens is 1. The molecule has 3 aromatic rings. The summed E-state index contributed by atoms with van der Waals surface area (Å²) in [5, 5.41) is 12.6. The van der Waals surface area contributed by atoms with Crippen molar-refractivity contribution in [1.82, 2.24) is 19.7 Å². The Morgan fingerprint density at radius 3 is 2.67 bits per heavy atom. The Morgan fingerprint density at radius 1 is 1.30 bits per heavy atom. The van der Waals surface area contributed by atoms with Gasteiger partial charge in [0, 0.05) is 29.1 Å². The number of aromatic nitrogens is 3. The van der Waals surface area contributed by atoms with E-state index in [1.165, 1.54) is 12.3 Å². The lowest BCUT2D eigenvalue weighted by atomic mass is 9.94.